The molecule has 0 saturated heterocycles. The second-order valence-corrected chi connectivity index (χ2v) is 7.15. The van der Waals surface area contributed by atoms with Gasteiger partial charge in [0.05, 0.1) is 35.9 Å². The van der Waals surface area contributed by atoms with Crippen molar-refractivity contribution in [3.8, 4) is 0 Å². The van der Waals surface area contributed by atoms with Gasteiger partial charge in [-0.15, -0.1) is 0 Å². The third-order valence-corrected chi connectivity index (χ3v) is 4.69. The van der Waals surface area contributed by atoms with Gasteiger partial charge in [0.1, 0.15) is 17.0 Å². The van der Waals surface area contributed by atoms with Crippen LogP contribution < -0.4 is 10.6 Å². The number of nitrogens with zero attached hydrogens (tertiary/aromatic N) is 5. The molecule has 3 aromatic heterocycles. The number of alkyl halides is 3. The van der Waals surface area contributed by atoms with Gasteiger partial charge in [0.15, 0.2) is 0 Å². The van der Waals surface area contributed by atoms with E-state index in [2.05, 4.69) is 30.7 Å². The minimum Gasteiger partial charge on any atom is -0.343 e. The molecule has 164 valence electrons. The van der Waals surface area contributed by atoms with Gasteiger partial charge < -0.3 is 10.6 Å². The summed E-state index contributed by atoms with van der Waals surface area (Å²) < 4.78 is 39.6. The summed E-state index contributed by atoms with van der Waals surface area (Å²) in [6.07, 6.45) is 1.87. The monoisotopic (exact) mass is 441 g/mol. The second kappa shape index (κ2) is 8.25. The first-order valence-electron chi connectivity index (χ1n) is 9.55. The molecule has 11 heteroatoms. The zero-order valence-electron chi connectivity index (χ0n) is 17.1. The largest absolute Gasteiger partial charge is 0.416 e. The van der Waals surface area contributed by atoms with Crippen molar-refractivity contribution < 1.29 is 18.0 Å². The lowest BCUT2D eigenvalue weighted by Gasteiger charge is -2.13. The first-order valence-corrected chi connectivity index (χ1v) is 9.55. The molecule has 3 heterocycles. The van der Waals surface area contributed by atoms with E-state index in [1.807, 2.05) is 0 Å². The number of fused-ring (bicyclic) bond motifs is 1. The highest BCUT2D eigenvalue weighted by atomic mass is 19.4. The summed E-state index contributed by atoms with van der Waals surface area (Å²) >= 11 is 0. The minimum absolute atomic E-state index is 0.255. The Morgan fingerprint density at radius 3 is 2.47 bits per heavy atom. The standard InChI is InChI=1S/C21H18F3N7O/c1-12(28-20(32)16-7-13-11-31(2)30-18(13)9-25-16)17-8-27-19(10-26-17)29-15-5-3-14(4-6-15)21(22,23)24/h3-12H,1-2H3,(H,27,29)(H,28,32). The molecule has 32 heavy (non-hydrogen) atoms. The summed E-state index contributed by atoms with van der Waals surface area (Å²) in [4.78, 5) is 25.2. The third-order valence-electron chi connectivity index (χ3n) is 4.69. The Morgan fingerprint density at radius 1 is 1.06 bits per heavy atom. The number of amides is 1. The first kappa shape index (κ1) is 21.2. The maximum Gasteiger partial charge on any atom is 0.416 e. The highest BCUT2D eigenvalue weighted by Crippen LogP contribution is 2.30. The fourth-order valence-electron chi connectivity index (χ4n) is 3.04. The van der Waals surface area contributed by atoms with E-state index in [4.69, 9.17) is 0 Å². The van der Waals surface area contributed by atoms with E-state index >= 15 is 0 Å². The minimum atomic E-state index is -4.39. The summed E-state index contributed by atoms with van der Waals surface area (Å²) in [5.41, 5.74) is 1.17. The number of aryl methyl sites for hydroxylation is 1. The summed E-state index contributed by atoms with van der Waals surface area (Å²) in [6.45, 7) is 1.76. The Balaban J connectivity index is 1.40. The number of anilines is 2. The van der Waals surface area contributed by atoms with Gasteiger partial charge in [-0.25, -0.2) is 9.97 Å². The molecular weight excluding hydrogens is 423 g/mol. The number of carbonyl (C=O) groups is 1. The van der Waals surface area contributed by atoms with Crippen LogP contribution in [-0.2, 0) is 13.2 Å². The van der Waals surface area contributed by atoms with Crippen molar-refractivity contribution in [3.63, 3.8) is 0 Å². The predicted octanol–water partition coefficient (Wildman–Crippen LogP) is 4.01. The highest BCUT2D eigenvalue weighted by Gasteiger charge is 2.29. The number of hydrogen-bond donors (Lipinski definition) is 2. The second-order valence-electron chi connectivity index (χ2n) is 7.15. The fraction of sp³-hybridized carbons (Fsp3) is 0.190. The molecule has 4 aromatic rings. The van der Waals surface area contributed by atoms with Crippen LogP contribution >= 0.6 is 0 Å². The number of benzene rings is 1. The summed E-state index contributed by atoms with van der Waals surface area (Å²) in [6, 6.07) is 5.81. The lowest BCUT2D eigenvalue weighted by atomic mass is 10.2. The number of halogens is 3. The molecule has 1 atom stereocenters. The molecule has 4 rings (SSSR count). The molecule has 0 saturated carbocycles. The molecule has 0 bridgehead atoms. The zero-order valence-corrected chi connectivity index (χ0v) is 17.1. The number of carbonyl (C=O) groups excluding carboxylic acids is 1. The van der Waals surface area contributed by atoms with E-state index in [-0.39, 0.29) is 11.6 Å². The van der Waals surface area contributed by atoms with E-state index in [9.17, 15) is 18.0 Å². The quantitative estimate of drug-likeness (QED) is 0.486. The maximum absolute atomic E-state index is 12.7. The van der Waals surface area contributed by atoms with Crippen LogP contribution in [0.1, 0.15) is 34.7 Å². The summed E-state index contributed by atoms with van der Waals surface area (Å²) in [5, 5.41) is 10.7. The van der Waals surface area contributed by atoms with E-state index in [0.29, 0.717) is 22.7 Å². The van der Waals surface area contributed by atoms with Gasteiger partial charge >= 0.3 is 6.18 Å². The Kier molecular flexibility index (Phi) is 5.47. The SMILES string of the molecule is CC(NC(=O)c1cc2cn(C)nc2cn1)c1cnc(Nc2ccc(C(F)(F)F)cc2)cn1. The van der Waals surface area contributed by atoms with Crippen LogP contribution in [0.4, 0.5) is 24.7 Å². The van der Waals surface area contributed by atoms with Gasteiger partial charge in [-0.2, -0.15) is 18.3 Å². The molecule has 0 aliphatic heterocycles. The fourth-order valence-corrected chi connectivity index (χ4v) is 3.04. The van der Waals surface area contributed by atoms with Crippen LogP contribution in [0.15, 0.2) is 55.1 Å². The average molecular weight is 441 g/mol. The molecule has 1 aromatic carbocycles. The molecule has 0 aliphatic carbocycles. The zero-order chi connectivity index (χ0) is 22.9. The molecular formula is C21H18F3N7O. The Bertz CT molecular complexity index is 1250. The first-order chi connectivity index (χ1) is 15.2. The van der Waals surface area contributed by atoms with Crippen molar-refractivity contribution in [3.05, 3.63) is 72.1 Å². The van der Waals surface area contributed by atoms with Crippen molar-refractivity contribution in [2.45, 2.75) is 19.1 Å². The number of nitrogens with one attached hydrogen (secondary N) is 2. The maximum atomic E-state index is 12.7. The van der Waals surface area contributed by atoms with Gasteiger partial charge in [0, 0.05) is 24.3 Å². The predicted molar refractivity (Wildman–Crippen MR) is 111 cm³/mol. The Morgan fingerprint density at radius 2 is 1.81 bits per heavy atom. The van der Waals surface area contributed by atoms with Gasteiger partial charge in [0.25, 0.3) is 5.91 Å². The van der Waals surface area contributed by atoms with E-state index in [1.54, 1.807) is 30.9 Å². The Labute approximate surface area is 180 Å². The molecule has 0 aliphatic rings. The van der Waals surface area contributed by atoms with Crippen molar-refractivity contribution in [2.24, 2.45) is 7.05 Å². The van der Waals surface area contributed by atoms with Crippen LogP contribution in [0, 0.1) is 0 Å². The van der Waals surface area contributed by atoms with E-state index in [0.717, 1.165) is 17.5 Å². The summed E-state index contributed by atoms with van der Waals surface area (Å²) in [5.74, 6) is -0.00672. The van der Waals surface area contributed by atoms with Crippen molar-refractivity contribution in [1.29, 1.82) is 0 Å². The Hall–Kier alpha value is -4.02. The lowest BCUT2D eigenvalue weighted by Crippen LogP contribution is -2.28. The van der Waals surface area contributed by atoms with Crippen molar-refractivity contribution in [1.82, 2.24) is 30.0 Å². The van der Waals surface area contributed by atoms with Crippen LogP contribution in [0.25, 0.3) is 10.9 Å². The normalized spacial score (nSPS) is 12.5. The summed E-state index contributed by atoms with van der Waals surface area (Å²) in [7, 11) is 1.79. The number of aromatic nitrogens is 5. The highest BCUT2D eigenvalue weighted by molar-refractivity contribution is 5.95. The van der Waals surface area contributed by atoms with Crippen LogP contribution in [-0.4, -0.2) is 30.6 Å². The molecule has 0 radical (unpaired) electrons. The molecule has 8 nitrogen and oxygen atoms in total. The third kappa shape index (κ3) is 4.66. The number of hydrogen-bond acceptors (Lipinski definition) is 6. The molecule has 2 N–H and O–H groups in total. The topological polar surface area (TPSA) is 97.6 Å². The van der Waals surface area contributed by atoms with Gasteiger partial charge in [-0.1, -0.05) is 0 Å². The van der Waals surface area contributed by atoms with Crippen molar-refractivity contribution in [2.75, 3.05) is 5.32 Å². The molecule has 1 unspecified atom stereocenters. The molecule has 0 spiro atoms. The van der Waals surface area contributed by atoms with Crippen LogP contribution in [0.2, 0.25) is 0 Å². The molecule has 0 fully saturated rings. The van der Waals surface area contributed by atoms with E-state index < -0.39 is 17.8 Å². The van der Waals surface area contributed by atoms with Gasteiger partial charge in [0.2, 0.25) is 0 Å². The number of pyridine rings is 1. The lowest BCUT2D eigenvalue weighted by molar-refractivity contribution is -0.137. The van der Waals surface area contributed by atoms with Gasteiger partial charge in [-0.05, 0) is 37.3 Å². The van der Waals surface area contributed by atoms with Crippen LogP contribution in [0.3, 0.4) is 0 Å². The molecule has 1 amide bonds. The van der Waals surface area contributed by atoms with E-state index in [1.165, 1.54) is 30.7 Å². The number of rotatable bonds is 5. The van der Waals surface area contributed by atoms with Crippen molar-refractivity contribution >= 4 is 28.3 Å². The van der Waals surface area contributed by atoms with Gasteiger partial charge in [-0.3, -0.25) is 14.5 Å². The van der Waals surface area contributed by atoms with Crippen LogP contribution in [0.5, 0.6) is 0 Å². The average Bonchev–Trinajstić information content (AvgIpc) is 3.13. The smallest absolute Gasteiger partial charge is 0.343 e.